The number of benzene rings is 1. The number of halogens is 1. The van der Waals surface area contributed by atoms with Gasteiger partial charge in [0.15, 0.2) is 5.96 Å². The lowest BCUT2D eigenvalue weighted by atomic mass is 9.89. The van der Waals surface area contributed by atoms with Crippen LogP contribution in [0.4, 0.5) is 0 Å². The number of ether oxygens (including phenoxy) is 2. The summed E-state index contributed by atoms with van der Waals surface area (Å²) < 4.78 is 11.0. The summed E-state index contributed by atoms with van der Waals surface area (Å²) in [7, 11) is 1.76. The number of methoxy groups -OCH3 is 1. The Balaban J connectivity index is 0.00000625. The monoisotopic (exact) mass is 477 g/mol. The summed E-state index contributed by atoms with van der Waals surface area (Å²) >= 11 is 0. The van der Waals surface area contributed by atoms with Crippen LogP contribution in [0.5, 0.6) is 0 Å². The summed E-state index contributed by atoms with van der Waals surface area (Å²) in [5.41, 5.74) is 2.44. The largest absolute Gasteiger partial charge is 0.379 e. The van der Waals surface area contributed by atoms with Crippen molar-refractivity contribution in [2.75, 3.05) is 26.8 Å². The van der Waals surface area contributed by atoms with Crippen LogP contribution in [0.2, 0.25) is 0 Å². The molecule has 150 valence electrons. The van der Waals surface area contributed by atoms with Crippen molar-refractivity contribution in [1.82, 2.24) is 10.6 Å². The molecule has 2 N–H and O–H groups in total. The standard InChI is InChI=1S/C20H35N3O2.HI/c1-7-21-19(23-14-18(24-6)20(3,4)5)22-13-16-9-11-17(12-10-16)15-25-8-2;/h9-12,18H,7-8,13-15H2,1-6H3,(H2,21,22,23);1H. The fourth-order valence-corrected chi connectivity index (χ4v) is 2.41. The molecule has 0 bridgehead atoms. The van der Waals surface area contributed by atoms with Gasteiger partial charge in [0, 0.05) is 26.8 Å². The molecule has 0 aliphatic carbocycles. The number of nitrogens with one attached hydrogen (secondary N) is 2. The third-order valence-electron chi connectivity index (χ3n) is 3.97. The Morgan fingerprint density at radius 2 is 1.69 bits per heavy atom. The molecule has 6 heteroatoms. The first-order chi connectivity index (χ1) is 11.9. The van der Waals surface area contributed by atoms with Gasteiger partial charge in [0.25, 0.3) is 0 Å². The van der Waals surface area contributed by atoms with Crippen molar-refractivity contribution in [2.24, 2.45) is 10.4 Å². The summed E-state index contributed by atoms with van der Waals surface area (Å²) in [6.45, 7) is 14.2. The number of nitrogens with zero attached hydrogens (tertiary/aromatic N) is 1. The second-order valence-electron chi connectivity index (χ2n) is 7.12. The molecule has 5 nitrogen and oxygen atoms in total. The molecular weight excluding hydrogens is 441 g/mol. The van der Waals surface area contributed by atoms with Crippen molar-refractivity contribution in [2.45, 2.75) is 53.9 Å². The Morgan fingerprint density at radius 3 is 2.19 bits per heavy atom. The highest BCUT2D eigenvalue weighted by atomic mass is 127. The van der Waals surface area contributed by atoms with Gasteiger partial charge in [-0.05, 0) is 30.4 Å². The lowest BCUT2D eigenvalue weighted by Gasteiger charge is -2.30. The molecule has 0 amide bonds. The fourth-order valence-electron chi connectivity index (χ4n) is 2.41. The van der Waals surface area contributed by atoms with Gasteiger partial charge in [0.1, 0.15) is 0 Å². The average Bonchev–Trinajstić information content (AvgIpc) is 2.58. The van der Waals surface area contributed by atoms with E-state index < -0.39 is 0 Å². The van der Waals surface area contributed by atoms with Crippen molar-refractivity contribution >= 4 is 29.9 Å². The van der Waals surface area contributed by atoms with E-state index >= 15 is 0 Å². The molecule has 1 rings (SSSR count). The number of hydrogen-bond donors (Lipinski definition) is 2. The minimum atomic E-state index is 0. The van der Waals surface area contributed by atoms with Crippen molar-refractivity contribution in [3.05, 3.63) is 35.4 Å². The Hall–Kier alpha value is -0.860. The van der Waals surface area contributed by atoms with E-state index in [-0.39, 0.29) is 35.5 Å². The molecule has 0 aliphatic rings. The number of aliphatic imine (C=N–C) groups is 1. The predicted molar refractivity (Wildman–Crippen MR) is 120 cm³/mol. The fraction of sp³-hybridized carbons (Fsp3) is 0.650. The Morgan fingerprint density at radius 1 is 1.08 bits per heavy atom. The van der Waals surface area contributed by atoms with Crippen molar-refractivity contribution in [1.29, 1.82) is 0 Å². The van der Waals surface area contributed by atoms with E-state index in [4.69, 9.17) is 9.47 Å². The van der Waals surface area contributed by atoms with Crippen LogP contribution in [-0.4, -0.2) is 38.9 Å². The second-order valence-corrected chi connectivity index (χ2v) is 7.12. The summed E-state index contributed by atoms with van der Waals surface area (Å²) in [4.78, 5) is 4.67. The van der Waals surface area contributed by atoms with Gasteiger partial charge in [0.2, 0.25) is 0 Å². The van der Waals surface area contributed by atoms with E-state index in [9.17, 15) is 0 Å². The van der Waals surface area contributed by atoms with Crippen LogP contribution in [0.3, 0.4) is 0 Å². The van der Waals surface area contributed by atoms with E-state index in [0.29, 0.717) is 13.2 Å². The predicted octanol–water partition coefficient (Wildman–Crippen LogP) is 3.96. The zero-order chi connectivity index (χ0) is 18.7. The van der Waals surface area contributed by atoms with Crippen LogP contribution in [0.15, 0.2) is 29.3 Å². The van der Waals surface area contributed by atoms with Gasteiger partial charge >= 0.3 is 0 Å². The third kappa shape index (κ3) is 9.73. The first-order valence-electron chi connectivity index (χ1n) is 9.11. The normalized spacial score (nSPS) is 13.1. The van der Waals surface area contributed by atoms with E-state index in [1.165, 1.54) is 11.1 Å². The van der Waals surface area contributed by atoms with Gasteiger partial charge in [-0.15, -0.1) is 24.0 Å². The first-order valence-corrected chi connectivity index (χ1v) is 9.11. The van der Waals surface area contributed by atoms with Crippen LogP contribution in [0, 0.1) is 5.41 Å². The van der Waals surface area contributed by atoms with E-state index in [2.05, 4.69) is 67.6 Å². The van der Waals surface area contributed by atoms with Crippen LogP contribution >= 0.6 is 24.0 Å². The molecular formula is C20H36IN3O2. The molecule has 0 fully saturated rings. The molecule has 0 aromatic heterocycles. The van der Waals surface area contributed by atoms with Gasteiger partial charge in [0.05, 0.1) is 19.3 Å². The first kappa shape index (κ1) is 25.1. The van der Waals surface area contributed by atoms with Crippen molar-refractivity contribution in [3.63, 3.8) is 0 Å². The summed E-state index contributed by atoms with van der Waals surface area (Å²) in [6, 6.07) is 8.41. The maximum Gasteiger partial charge on any atom is 0.191 e. The maximum absolute atomic E-state index is 5.59. The number of guanidine groups is 1. The summed E-state index contributed by atoms with van der Waals surface area (Å²) in [5.74, 6) is 0.812. The molecule has 1 unspecified atom stereocenters. The highest BCUT2D eigenvalue weighted by molar-refractivity contribution is 14.0. The Bertz CT molecular complexity index is 513. The topological polar surface area (TPSA) is 54.9 Å². The molecule has 0 radical (unpaired) electrons. The molecule has 1 aromatic carbocycles. The zero-order valence-corrected chi connectivity index (χ0v) is 19.4. The van der Waals surface area contributed by atoms with Gasteiger partial charge in [-0.3, -0.25) is 0 Å². The summed E-state index contributed by atoms with van der Waals surface area (Å²) in [5, 5.41) is 6.67. The van der Waals surface area contributed by atoms with Gasteiger partial charge in [-0.2, -0.15) is 0 Å². The van der Waals surface area contributed by atoms with Crippen LogP contribution in [0.1, 0.15) is 45.7 Å². The molecule has 26 heavy (non-hydrogen) atoms. The number of hydrogen-bond acceptors (Lipinski definition) is 3. The van der Waals surface area contributed by atoms with Crippen LogP contribution < -0.4 is 10.6 Å². The van der Waals surface area contributed by atoms with Crippen LogP contribution in [0.25, 0.3) is 0 Å². The van der Waals surface area contributed by atoms with E-state index in [0.717, 1.165) is 25.7 Å². The third-order valence-corrected chi connectivity index (χ3v) is 3.97. The highest BCUT2D eigenvalue weighted by Crippen LogP contribution is 2.20. The summed E-state index contributed by atoms with van der Waals surface area (Å²) in [6.07, 6.45) is 0.120. The Kier molecular flexibility index (Phi) is 12.9. The minimum Gasteiger partial charge on any atom is -0.379 e. The average molecular weight is 477 g/mol. The van der Waals surface area contributed by atoms with Gasteiger partial charge in [-0.25, -0.2) is 4.99 Å². The molecule has 0 spiro atoms. The minimum absolute atomic E-state index is 0. The number of rotatable bonds is 9. The van der Waals surface area contributed by atoms with Crippen molar-refractivity contribution < 1.29 is 9.47 Å². The molecule has 0 saturated carbocycles. The quantitative estimate of drug-likeness (QED) is 0.321. The van der Waals surface area contributed by atoms with Crippen molar-refractivity contribution in [3.8, 4) is 0 Å². The molecule has 1 atom stereocenters. The zero-order valence-electron chi connectivity index (χ0n) is 17.1. The molecule has 1 aromatic rings. The van der Waals surface area contributed by atoms with Gasteiger partial charge < -0.3 is 20.1 Å². The van der Waals surface area contributed by atoms with Gasteiger partial charge in [-0.1, -0.05) is 45.0 Å². The van der Waals surface area contributed by atoms with E-state index in [1.54, 1.807) is 7.11 Å². The SMILES string of the molecule is CCNC(=NCc1ccc(COCC)cc1)NCC(OC)C(C)(C)C.I. The molecule has 0 saturated heterocycles. The molecule has 0 aliphatic heterocycles. The maximum atomic E-state index is 5.59. The Labute approximate surface area is 176 Å². The lowest BCUT2D eigenvalue weighted by Crippen LogP contribution is -2.45. The smallest absolute Gasteiger partial charge is 0.191 e. The van der Waals surface area contributed by atoms with Crippen LogP contribution in [-0.2, 0) is 22.6 Å². The molecule has 0 heterocycles. The highest BCUT2D eigenvalue weighted by Gasteiger charge is 2.24. The van der Waals surface area contributed by atoms with E-state index in [1.807, 2.05) is 6.92 Å². The second kappa shape index (κ2) is 13.3. The lowest BCUT2D eigenvalue weighted by molar-refractivity contribution is 0.0205.